The fraction of sp³-hybridized carbons (Fsp3) is 0.375. The van der Waals surface area contributed by atoms with E-state index in [9.17, 15) is 14.4 Å². The minimum Gasteiger partial charge on any atom is -0.493 e. The molecule has 2 amide bonds. The smallest absolute Gasteiger partial charge is 0.311 e. The number of nitrogen functional groups attached to an aromatic ring is 1. The van der Waals surface area contributed by atoms with Crippen LogP contribution in [0.5, 0.6) is 11.5 Å². The molecule has 1 aliphatic heterocycles. The molecule has 9 heteroatoms. The lowest BCUT2D eigenvalue weighted by Gasteiger charge is -2.26. The summed E-state index contributed by atoms with van der Waals surface area (Å²) >= 11 is 0. The van der Waals surface area contributed by atoms with Gasteiger partial charge in [0.1, 0.15) is 17.3 Å². The van der Waals surface area contributed by atoms with Crippen molar-refractivity contribution in [2.24, 2.45) is 5.73 Å². The number of amidine groups is 1. The third-order valence-corrected chi connectivity index (χ3v) is 3.49. The van der Waals surface area contributed by atoms with Gasteiger partial charge in [0.2, 0.25) is 0 Å². The molecule has 0 aliphatic carbocycles. The molecule has 0 atom stereocenters. The second kappa shape index (κ2) is 8.13. The summed E-state index contributed by atoms with van der Waals surface area (Å²) in [6.07, 6.45) is 0.538. The monoisotopic (exact) mass is 348 g/mol. The number of rotatable bonds is 7. The molecule has 0 spiro atoms. The van der Waals surface area contributed by atoms with E-state index in [1.807, 2.05) is 0 Å². The van der Waals surface area contributed by atoms with Gasteiger partial charge in [0.15, 0.2) is 0 Å². The Kier molecular flexibility index (Phi) is 5.93. The van der Waals surface area contributed by atoms with Crippen molar-refractivity contribution in [3.63, 3.8) is 0 Å². The quantitative estimate of drug-likeness (QED) is 0.154. The van der Waals surface area contributed by atoms with Crippen LogP contribution >= 0.6 is 0 Å². The number of hydrogen-bond donors (Lipinski definition) is 3. The largest absolute Gasteiger partial charge is 0.493 e. The standard InChI is InChI=1S/C16H20N4O5/c1-10(21)25-13-9-11(3-4-12(13)14(17)18)24-8-2-6-20-7-5-19-15(22)16(20)23/h3-4,9H,2,5-8H2,1H3,(H3,17,18)(H,19,22). The Morgan fingerprint density at radius 2 is 2.16 bits per heavy atom. The molecule has 134 valence electrons. The number of nitrogens with two attached hydrogens (primary N) is 1. The van der Waals surface area contributed by atoms with Crippen molar-refractivity contribution in [2.45, 2.75) is 13.3 Å². The number of esters is 1. The third kappa shape index (κ3) is 4.93. The van der Waals surface area contributed by atoms with E-state index in [-0.39, 0.29) is 11.6 Å². The predicted molar refractivity (Wildman–Crippen MR) is 88.5 cm³/mol. The maximum atomic E-state index is 11.6. The molecule has 0 unspecified atom stereocenters. The molecular weight excluding hydrogens is 328 g/mol. The van der Waals surface area contributed by atoms with E-state index in [2.05, 4.69) is 5.32 Å². The number of nitrogens with zero attached hydrogens (tertiary/aromatic N) is 1. The van der Waals surface area contributed by atoms with Gasteiger partial charge in [-0.25, -0.2) is 0 Å². The van der Waals surface area contributed by atoms with E-state index in [0.29, 0.717) is 44.0 Å². The van der Waals surface area contributed by atoms with Crippen LogP contribution in [0.1, 0.15) is 18.9 Å². The second-order valence-electron chi connectivity index (χ2n) is 5.42. The predicted octanol–water partition coefficient (Wildman–Crippen LogP) is -0.377. The number of nitrogens with one attached hydrogen (secondary N) is 2. The number of ether oxygens (including phenoxy) is 2. The number of benzene rings is 1. The first-order valence-corrected chi connectivity index (χ1v) is 7.75. The van der Waals surface area contributed by atoms with Crippen molar-refractivity contribution < 1.29 is 23.9 Å². The van der Waals surface area contributed by atoms with Crippen molar-refractivity contribution in [3.05, 3.63) is 23.8 Å². The van der Waals surface area contributed by atoms with Gasteiger partial charge in [0.25, 0.3) is 0 Å². The summed E-state index contributed by atoms with van der Waals surface area (Å²) in [5.74, 6) is -1.26. The van der Waals surface area contributed by atoms with Crippen molar-refractivity contribution in [1.29, 1.82) is 5.41 Å². The summed E-state index contributed by atoms with van der Waals surface area (Å²) in [6.45, 7) is 2.90. The number of amides is 2. The van der Waals surface area contributed by atoms with Crippen molar-refractivity contribution in [1.82, 2.24) is 10.2 Å². The first-order chi connectivity index (χ1) is 11.9. The average molecular weight is 348 g/mol. The van der Waals surface area contributed by atoms with Crippen LogP contribution in [0.25, 0.3) is 0 Å². The molecule has 1 aromatic rings. The highest BCUT2D eigenvalue weighted by atomic mass is 16.5. The third-order valence-electron chi connectivity index (χ3n) is 3.49. The Balaban J connectivity index is 1.90. The Morgan fingerprint density at radius 1 is 1.40 bits per heavy atom. The van der Waals surface area contributed by atoms with Gasteiger partial charge in [-0.15, -0.1) is 0 Å². The van der Waals surface area contributed by atoms with Gasteiger partial charge in [-0.05, 0) is 18.6 Å². The van der Waals surface area contributed by atoms with Crippen molar-refractivity contribution in [3.8, 4) is 11.5 Å². The van der Waals surface area contributed by atoms with Crippen molar-refractivity contribution >= 4 is 23.6 Å². The van der Waals surface area contributed by atoms with E-state index in [1.54, 1.807) is 6.07 Å². The molecule has 0 saturated carbocycles. The lowest BCUT2D eigenvalue weighted by Crippen LogP contribution is -2.52. The normalized spacial score (nSPS) is 14.0. The highest BCUT2D eigenvalue weighted by Gasteiger charge is 2.25. The topological polar surface area (TPSA) is 135 Å². The molecular formula is C16H20N4O5. The van der Waals surface area contributed by atoms with Crippen molar-refractivity contribution in [2.75, 3.05) is 26.2 Å². The zero-order valence-corrected chi connectivity index (χ0v) is 13.8. The highest BCUT2D eigenvalue weighted by Crippen LogP contribution is 2.25. The van der Waals surface area contributed by atoms with E-state index < -0.39 is 17.8 Å². The van der Waals surface area contributed by atoms with Crippen LogP contribution in [0.15, 0.2) is 18.2 Å². The summed E-state index contributed by atoms with van der Waals surface area (Å²) in [7, 11) is 0. The number of carbonyl (C=O) groups excluding carboxylic acids is 3. The molecule has 4 N–H and O–H groups in total. The summed E-state index contributed by atoms with van der Waals surface area (Å²) in [5.41, 5.74) is 5.75. The zero-order valence-electron chi connectivity index (χ0n) is 13.8. The van der Waals surface area contributed by atoms with Crippen LogP contribution in [0.2, 0.25) is 0 Å². The molecule has 1 aromatic carbocycles. The fourth-order valence-corrected chi connectivity index (χ4v) is 2.34. The highest BCUT2D eigenvalue weighted by molar-refractivity contribution is 6.35. The number of piperazine rings is 1. The molecule has 1 fully saturated rings. The Morgan fingerprint density at radius 3 is 2.84 bits per heavy atom. The zero-order chi connectivity index (χ0) is 18.4. The Labute approximate surface area is 144 Å². The fourth-order valence-electron chi connectivity index (χ4n) is 2.34. The van der Waals surface area contributed by atoms with Gasteiger partial charge in [-0.2, -0.15) is 0 Å². The molecule has 9 nitrogen and oxygen atoms in total. The molecule has 1 heterocycles. The minimum absolute atomic E-state index is 0.153. The van der Waals surface area contributed by atoms with E-state index in [0.717, 1.165) is 0 Å². The first-order valence-electron chi connectivity index (χ1n) is 7.75. The summed E-state index contributed by atoms with van der Waals surface area (Å²) < 4.78 is 10.6. The SMILES string of the molecule is CC(=O)Oc1cc(OCCCN2CCNC(=O)C2=O)ccc1C(=N)N. The molecule has 1 aliphatic rings. The van der Waals surface area contributed by atoms with Crippen LogP contribution in [0, 0.1) is 5.41 Å². The summed E-state index contributed by atoms with van der Waals surface area (Å²) in [5, 5.41) is 9.97. The number of hydrogen-bond acceptors (Lipinski definition) is 6. The van der Waals surface area contributed by atoms with Gasteiger partial charge in [0.05, 0.1) is 12.2 Å². The van der Waals surface area contributed by atoms with E-state index in [4.69, 9.17) is 20.6 Å². The summed E-state index contributed by atoms with van der Waals surface area (Å²) in [4.78, 5) is 35.5. The van der Waals surface area contributed by atoms with Crippen LogP contribution in [-0.4, -0.2) is 54.8 Å². The maximum Gasteiger partial charge on any atom is 0.311 e. The number of carbonyl (C=O) groups is 3. The Bertz CT molecular complexity index is 704. The molecule has 2 rings (SSSR count). The molecule has 0 bridgehead atoms. The van der Waals surface area contributed by atoms with Gasteiger partial charge >= 0.3 is 17.8 Å². The second-order valence-corrected chi connectivity index (χ2v) is 5.42. The van der Waals surface area contributed by atoms with Crippen LogP contribution in [0.3, 0.4) is 0 Å². The van der Waals surface area contributed by atoms with Gasteiger partial charge in [-0.3, -0.25) is 19.8 Å². The first kappa shape index (κ1) is 18.2. The average Bonchev–Trinajstić information content (AvgIpc) is 2.54. The lowest BCUT2D eigenvalue weighted by molar-refractivity contribution is -0.148. The lowest BCUT2D eigenvalue weighted by atomic mass is 10.1. The van der Waals surface area contributed by atoms with Gasteiger partial charge in [-0.1, -0.05) is 0 Å². The van der Waals surface area contributed by atoms with Gasteiger partial charge in [0, 0.05) is 32.6 Å². The van der Waals surface area contributed by atoms with Crippen LogP contribution in [0.4, 0.5) is 0 Å². The molecule has 25 heavy (non-hydrogen) atoms. The maximum absolute atomic E-state index is 11.6. The molecule has 1 saturated heterocycles. The van der Waals surface area contributed by atoms with Crippen LogP contribution < -0.4 is 20.5 Å². The van der Waals surface area contributed by atoms with Crippen LogP contribution in [-0.2, 0) is 14.4 Å². The van der Waals surface area contributed by atoms with E-state index in [1.165, 1.54) is 24.0 Å². The minimum atomic E-state index is -0.585. The summed E-state index contributed by atoms with van der Waals surface area (Å²) in [6, 6.07) is 4.63. The molecule has 0 radical (unpaired) electrons. The molecule has 0 aromatic heterocycles. The van der Waals surface area contributed by atoms with Gasteiger partial charge < -0.3 is 25.4 Å². The Hall–Kier alpha value is -3.10. The van der Waals surface area contributed by atoms with E-state index >= 15 is 0 Å².